The van der Waals surface area contributed by atoms with Gasteiger partial charge in [0.05, 0.1) is 11.2 Å². The van der Waals surface area contributed by atoms with E-state index in [1.807, 2.05) is 0 Å². The lowest BCUT2D eigenvalue weighted by molar-refractivity contribution is 0.346. The fourth-order valence-corrected chi connectivity index (χ4v) is 2.03. The molecule has 0 spiro atoms. The first kappa shape index (κ1) is 13.2. The molecule has 1 atom stereocenters. The van der Waals surface area contributed by atoms with Crippen molar-refractivity contribution in [1.82, 2.24) is 9.78 Å². The fraction of sp³-hybridized carbons (Fsp3) is 0.769. The van der Waals surface area contributed by atoms with Gasteiger partial charge in [-0.1, -0.05) is 6.92 Å². The van der Waals surface area contributed by atoms with Crippen molar-refractivity contribution >= 4 is 0 Å². The van der Waals surface area contributed by atoms with Crippen LogP contribution in [0.3, 0.4) is 0 Å². The van der Waals surface area contributed by atoms with Crippen LogP contribution in [0, 0.1) is 13.8 Å². The average Bonchev–Trinajstić information content (AvgIpc) is 2.44. The topological polar surface area (TPSA) is 43.8 Å². The predicted molar refractivity (Wildman–Crippen MR) is 68.7 cm³/mol. The van der Waals surface area contributed by atoms with Gasteiger partial charge >= 0.3 is 0 Å². The molecule has 1 unspecified atom stereocenters. The van der Waals surface area contributed by atoms with Crippen molar-refractivity contribution < 1.29 is 0 Å². The van der Waals surface area contributed by atoms with Gasteiger partial charge in [-0.15, -0.1) is 0 Å². The van der Waals surface area contributed by atoms with Crippen molar-refractivity contribution in [2.75, 3.05) is 0 Å². The van der Waals surface area contributed by atoms with Crippen LogP contribution >= 0.6 is 0 Å². The van der Waals surface area contributed by atoms with E-state index in [9.17, 15) is 0 Å². The molecule has 0 saturated heterocycles. The zero-order valence-electron chi connectivity index (χ0n) is 11.5. The molecule has 3 nitrogen and oxygen atoms in total. The summed E-state index contributed by atoms with van der Waals surface area (Å²) in [6.45, 7) is 12.9. The Balaban J connectivity index is 3.08. The molecular formula is C13H25N3. The number of nitrogens with zero attached hydrogens (tertiary/aromatic N) is 2. The summed E-state index contributed by atoms with van der Waals surface area (Å²) in [4.78, 5) is 0. The minimum Gasteiger partial charge on any atom is -0.327 e. The monoisotopic (exact) mass is 223 g/mol. The van der Waals surface area contributed by atoms with Crippen molar-refractivity contribution in [3.05, 3.63) is 17.0 Å². The summed E-state index contributed by atoms with van der Waals surface area (Å²) in [7, 11) is 0. The van der Waals surface area contributed by atoms with Crippen molar-refractivity contribution in [2.24, 2.45) is 5.73 Å². The molecule has 2 N–H and O–H groups in total. The largest absolute Gasteiger partial charge is 0.327 e. The molecule has 0 aromatic carbocycles. The smallest absolute Gasteiger partial charge is 0.0629 e. The van der Waals surface area contributed by atoms with Crippen LogP contribution in [-0.4, -0.2) is 15.8 Å². The third kappa shape index (κ3) is 2.64. The van der Waals surface area contributed by atoms with Crippen LogP contribution in [0.25, 0.3) is 0 Å². The standard InChI is InChI=1S/C13H25N3/c1-7-11(14)8-12-9(2)15-16(10(12)3)13(4,5)6/h11H,7-8,14H2,1-6H3. The van der Waals surface area contributed by atoms with Gasteiger partial charge in [0, 0.05) is 11.7 Å². The Hall–Kier alpha value is -0.830. The number of hydrogen-bond acceptors (Lipinski definition) is 2. The van der Waals surface area contributed by atoms with E-state index in [0.29, 0.717) is 0 Å². The average molecular weight is 223 g/mol. The van der Waals surface area contributed by atoms with E-state index in [1.165, 1.54) is 11.3 Å². The number of aryl methyl sites for hydroxylation is 1. The zero-order valence-corrected chi connectivity index (χ0v) is 11.5. The summed E-state index contributed by atoms with van der Waals surface area (Å²) in [5, 5.41) is 4.63. The van der Waals surface area contributed by atoms with Crippen LogP contribution in [0.1, 0.15) is 51.1 Å². The van der Waals surface area contributed by atoms with Crippen LogP contribution in [0.15, 0.2) is 0 Å². The van der Waals surface area contributed by atoms with Gasteiger partial charge in [0.1, 0.15) is 0 Å². The summed E-state index contributed by atoms with van der Waals surface area (Å²) in [6.07, 6.45) is 1.95. The van der Waals surface area contributed by atoms with Gasteiger partial charge in [0.2, 0.25) is 0 Å². The third-order valence-corrected chi connectivity index (χ3v) is 3.07. The van der Waals surface area contributed by atoms with Gasteiger partial charge in [-0.25, -0.2) is 0 Å². The van der Waals surface area contributed by atoms with Crippen LogP contribution in [0.4, 0.5) is 0 Å². The lowest BCUT2D eigenvalue weighted by atomic mass is 10.0. The van der Waals surface area contributed by atoms with E-state index >= 15 is 0 Å². The molecule has 1 aromatic rings. The molecule has 0 aliphatic rings. The van der Waals surface area contributed by atoms with E-state index in [2.05, 4.69) is 51.3 Å². The number of rotatable bonds is 3. The van der Waals surface area contributed by atoms with Gasteiger partial charge < -0.3 is 5.73 Å². The van der Waals surface area contributed by atoms with Crippen LogP contribution in [0.5, 0.6) is 0 Å². The minimum atomic E-state index is 0.0450. The summed E-state index contributed by atoms with van der Waals surface area (Å²) < 4.78 is 2.11. The van der Waals surface area contributed by atoms with Crippen molar-refractivity contribution in [2.45, 2.75) is 66.0 Å². The van der Waals surface area contributed by atoms with Gasteiger partial charge in [-0.05, 0) is 53.0 Å². The molecule has 0 bridgehead atoms. The molecule has 0 saturated carbocycles. The highest BCUT2D eigenvalue weighted by Crippen LogP contribution is 2.22. The lowest BCUT2D eigenvalue weighted by Gasteiger charge is -2.21. The molecule has 1 heterocycles. The van der Waals surface area contributed by atoms with Gasteiger partial charge in [-0.2, -0.15) is 5.10 Å². The SMILES string of the molecule is CCC(N)Cc1c(C)nn(C(C)(C)C)c1C. The van der Waals surface area contributed by atoms with E-state index in [4.69, 9.17) is 5.73 Å². The molecule has 0 radical (unpaired) electrons. The van der Waals surface area contributed by atoms with Gasteiger partial charge in [-0.3, -0.25) is 4.68 Å². The molecule has 0 aliphatic carbocycles. The maximum Gasteiger partial charge on any atom is 0.0629 e. The number of aromatic nitrogens is 2. The first-order valence-corrected chi connectivity index (χ1v) is 6.08. The summed E-state index contributed by atoms with van der Waals surface area (Å²) in [5.41, 5.74) is 9.77. The molecule has 16 heavy (non-hydrogen) atoms. The zero-order chi connectivity index (χ0) is 12.5. The molecule has 0 aliphatic heterocycles. The Morgan fingerprint density at radius 2 is 1.88 bits per heavy atom. The molecule has 1 rings (SSSR count). The second-order valence-electron chi connectivity index (χ2n) is 5.60. The Bertz CT molecular complexity index is 358. The normalized spacial score (nSPS) is 14.2. The van der Waals surface area contributed by atoms with Crippen molar-refractivity contribution in [1.29, 1.82) is 0 Å². The second kappa shape index (κ2) is 4.58. The van der Waals surface area contributed by atoms with Gasteiger partial charge in [0.25, 0.3) is 0 Å². The van der Waals surface area contributed by atoms with E-state index in [-0.39, 0.29) is 11.6 Å². The third-order valence-electron chi connectivity index (χ3n) is 3.07. The highest BCUT2D eigenvalue weighted by Gasteiger charge is 2.21. The van der Waals surface area contributed by atoms with E-state index < -0.39 is 0 Å². The predicted octanol–water partition coefficient (Wildman–Crippen LogP) is 2.53. The molecule has 92 valence electrons. The highest BCUT2D eigenvalue weighted by atomic mass is 15.3. The van der Waals surface area contributed by atoms with E-state index in [0.717, 1.165) is 18.5 Å². The molecule has 0 fully saturated rings. The maximum atomic E-state index is 6.02. The minimum absolute atomic E-state index is 0.0450. The van der Waals surface area contributed by atoms with Crippen molar-refractivity contribution in [3.8, 4) is 0 Å². The number of hydrogen-bond donors (Lipinski definition) is 1. The first-order chi connectivity index (χ1) is 7.27. The summed E-state index contributed by atoms with van der Waals surface area (Å²) in [6, 6.07) is 0.245. The van der Waals surface area contributed by atoms with E-state index in [1.54, 1.807) is 0 Å². The Morgan fingerprint density at radius 3 is 2.25 bits per heavy atom. The van der Waals surface area contributed by atoms with Crippen LogP contribution in [-0.2, 0) is 12.0 Å². The molecule has 0 amide bonds. The first-order valence-electron chi connectivity index (χ1n) is 6.08. The Morgan fingerprint density at radius 1 is 1.31 bits per heavy atom. The molecule has 1 aromatic heterocycles. The Kier molecular flexibility index (Phi) is 3.79. The number of nitrogens with two attached hydrogens (primary N) is 1. The van der Waals surface area contributed by atoms with Gasteiger partial charge in [0.15, 0.2) is 0 Å². The fourth-order valence-electron chi connectivity index (χ4n) is 2.03. The summed E-state index contributed by atoms with van der Waals surface area (Å²) >= 11 is 0. The van der Waals surface area contributed by atoms with Crippen LogP contribution < -0.4 is 5.73 Å². The quantitative estimate of drug-likeness (QED) is 0.855. The summed E-state index contributed by atoms with van der Waals surface area (Å²) in [5.74, 6) is 0. The lowest BCUT2D eigenvalue weighted by Crippen LogP contribution is -2.25. The Labute approximate surface area is 99.0 Å². The highest BCUT2D eigenvalue weighted by molar-refractivity contribution is 5.26. The van der Waals surface area contributed by atoms with Crippen molar-refractivity contribution in [3.63, 3.8) is 0 Å². The molecular weight excluding hydrogens is 198 g/mol. The maximum absolute atomic E-state index is 6.02. The van der Waals surface area contributed by atoms with Crippen LogP contribution in [0.2, 0.25) is 0 Å². The second-order valence-corrected chi connectivity index (χ2v) is 5.60. The molecule has 3 heteroatoms.